The van der Waals surface area contributed by atoms with E-state index in [-0.39, 0.29) is 16.9 Å². The number of nitriles is 1. The third kappa shape index (κ3) is 3.86. The Hall–Kier alpha value is -3.90. The van der Waals surface area contributed by atoms with Gasteiger partial charge in [0.15, 0.2) is 0 Å². The molecule has 3 aromatic rings. The first-order chi connectivity index (χ1) is 13.0. The minimum Gasteiger partial charge on any atom is -0.258 e. The molecule has 8 nitrogen and oxygen atoms in total. The lowest BCUT2D eigenvalue weighted by molar-refractivity contribution is -0.385. The van der Waals surface area contributed by atoms with E-state index >= 15 is 0 Å². The lowest BCUT2D eigenvalue weighted by Gasteiger charge is -1.98. The molecule has 27 heavy (non-hydrogen) atoms. The van der Waals surface area contributed by atoms with Crippen LogP contribution >= 0.6 is 11.3 Å². The van der Waals surface area contributed by atoms with E-state index in [9.17, 15) is 25.5 Å². The zero-order valence-electron chi connectivity index (χ0n) is 13.6. The first-order valence-corrected chi connectivity index (χ1v) is 8.43. The number of hydrogen-bond donors (Lipinski definition) is 0. The van der Waals surface area contributed by atoms with Crippen molar-refractivity contribution in [2.45, 2.75) is 0 Å². The van der Waals surface area contributed by atoms with Gasteiger partial charge in [-0.1, -0.05) is 24.3 Å². The number of hydrogen-bond acceptors (Lipinski definition) is 7. The van der Waals surface area contributed by atoms with Crippen molar-refractivity contribution in [1.82, 2.24) is 4.98 Å². The van der Waals surface area contributed by atoms with Gasteiger partial charge in [-0.05, 0) is 12.1 Å². The maximum atomic E-state index is 11.1. The Morgan fingerprint density at radius 3 is 2.59 bits per heavy atom. The molecule has 0 fully saturated rings. The molecule has 0 bridgehead atoms. The molecule has 3 rings (SSSR count). The molecule has 0 amide bonds. The minimum atomic E-state index is -0.517. The van der Waals surface area contributed by atoms with Crippen molar-refractivity contribution >= 4 is 34.4 Å². The number of nitrogens with zero attached hydrogens (tertiary/aromatic N) is 4. The van der Waals surface area contributed by atoms with Crippen LogP contribution in [0.3, 0.4) is 0 Å². The van der Waals surface area contributed by atoms with E-state index in [1.807, 2.05) is 6.07 Å². The van der Waals surface area contributed by atoms with Crippen molar-refractivity contribution in [3.05, 3.63) is 84.7 Å². The Labute approximate surface area is 157 Å². The number of rotatable bonds is 5. The van der Waals surface area contributed by atoms with Crippen LogP contribution in [0, 0.1) is 31.6 Å². The summed E-state index contributed by atoms with van der Waals surface area (Å²) in [5.74, 6) is 0. The molecule has 2 aromatic carbocycles. The van der Waals surface area contributed by atoms with Crippen molar-refractivity contribution in [3.63, 3.8) is 0 Å². The molecule has 0 aliphatic heterocycles. The maximum absolute atomic E-state index is 11.1. The van der Waals surface area contributed by atoms with Gasteiger partial charge >= 0.3 is 0 Å². The number of allylic oxidation sites excluding steroid dienone is 1. The molecule has 0 saturated heterocycles. The van der Waals surface area contributed by atoms with Crippen LogP contribution in [0.5, 0.6) is 0 Å². The molecule has 0 N–H and O–H groups in total. The third-order valence-electron chi connectivity index (χ3n) is 3.64. The predicted molar refractivity (Wildman–Crippen MR) is 101 cm³/mol. The van der Waals surface area contributed by atoms with Gasteiger partial charge in [-0.2, -0.15) is 5.26 Å². The molecule has 0 radical (unpaired) electrons. The summed E-state index contributed by atoms with van der Waals surface area (Å²) in [6, 6.07) is 14.1. The topological polar surface area (TPSA) is 123 Å². The fraction of sp³-hybridized carbons (Fsp3) is 0. The van der Waals surface area contributed by atoms with E-state index in [2.05, 4.69) is 4.98 Å². The number of nitro benzene ring substituents is 2. The summed E-state index contributed by atoms with van der Waals surface area (Å²) >= 11 is 1.18. The fourth-order valence-electron chi connectivity index (χ4n) is 2.38. The second-order valence-corrected chi connectivity index (χ2v) is 6.19. The number of non-ortho nitro benzene ring substituents is 1. The minimum absolute atomic E-state index is 0.0574. The first-order valence-electron chi connectivity index (χ1n) is 7.55. The summed E-state index contributed by atoms with van der Waals surface area (Å²) in [7, 11) is 0. The third-order valence-corrected chi connectivity index (χ3v) is 4.52. The Morgan fingerprint density at radius 1 is 1.11 bits per heavy atom. The summed E-state index contributed by atoms with van der Waals surface area (Å²) in [6.07, 6.45) is 1.41. The quantitative estimate of drug-likeness (QED) is 0.360. The van der Waals surface area contributed by atoms with Gasteiger partial charge in [0.2, 0.25) is 0 Å². The molecule has 1 aromatic heterocycles. The second kappa shape index (κ2) is 7.55. The van der Waals surface area contributed by atoms with Crippen molar-refractivity contribution in [3.8, 4) is 17.3 Å². The highest BCUT2D eigenvalue weighted by Gasteiger charge is 2.15. The van der Waals surface area contributed by atoms with E-state index in [0.29, 0.717) is 21.8 Å². The number of thiazole rings is 1. The zero-order valence-corrected chi connectivity index (χ0v) is 14.4. The summed E-state index contributed by atoms with van der Waals surface area (Å²) in [5.41, 5.74) is 1.34. The van der Waals surface area contributed by atoms with E-state index in [4.69, 9.17) is 0 Å². The fourth-order valence-corrected chi connectivity index (χ4v) is 3.18. The Kier molecular flexibility index (Phi) is 5.01. The van der Waals surface area contributed by atoms with Crippen LogP contribution in [0.4, 0.5) is 11.4 Å². The Morgan fingerprint density at radius 2 is 1.89 bits per heavy atom. The predicted octanol–water partition coefficient (Wildman–Crippen LogP) is 4.69. The molecule has 1 heterocycles. The number of nitro groups is 2. The van der Waals surface area contributed by atoms with Crippen molar-refractivity contribution < 1.29 is 9.85 Å². The van der Waals surface area contributed by atoms with Crippen LogP contribution < -0.4 is 0 Å². The van der Waals surface area contributed by atoms with Gasteiger partial charge in [0.05, 0.1) is 26.7 Å². The van der Waals surface area contributed by atoms with Gasteiger partial charge in [-0.3, -0.25) is 20.2 Å². The van der Waals surface area contributed by atoms with Gasteiger partial charge in [-0.25, -0.2) is 4.98 Å². The summed E-state index contributed by atoms with van der Waals surface area (Å²) in [5, 5.41) is 33.6. The second-order valence-electron chi connectivity index (χ2n) is 5.33. The highest BCUT2D eigenvalue weighted by molar-refractivity contribution is 7.11. The lowest BCUT2D eigenvalue weighted by Crippen LogP contribution is -1.91. The highest BCUT2D eigenvalue weighted by atomic mass is 32.1. The number of para-hydroxylation sites is 1. The van der Waals surface area contributed by atoms with E-state index in [0.717, 1.165) is 0 Å². The molecule has 0 atom stereocenters. The van der Waals surface area contributed by atoms with Crippen LogP contribution in [-0.2, 0) is 0 Å². The average Bonchev–Trinajstić information content (AvgIpc) is 3.16. The standard InChI is InChI=1S/C18H10N4O4S/c19-10-14(8-13-4-1-2-7-17(13)22(25)26)18-20-16(11-27-18)12-5-3-6-15(9-12)21(23)24/h1-9,11H. The molecule has 0 unspecified atom stereocenters. The summed E-state index contributed by atoms with van der Waals surface area (Å²) in [6.45, 7) is 0. The SMILES string of the molecule is N#CC(=Cc1ccccc1[N+](=O)[O-])c1nc(-c2cccc([N+](=O)[O-])c2)cs1. The molecular formula is C18H10N4O4S. The maximum Gasteiger partial charge on any atom is 0.276 e. The normalized spacial score (nSPS) is 11.0. The summed E-state index contributed by atoms with van der Waals surface area (Å²) < 4.78 is 0. The molecular weight excluding hydrogens is 368 g/mol. The molecule has 132 valence electrons. The van der Waals surface area contributed by atoms with Crippen molar-refractivity contribution in [2.24, 2.45) is 0 Å². The van der Waals surface area contributed by atoms with E-state index in [1.165, 1.54) is 35.6 Å². The van der Waals surface area contributed by atoms with Crippen LogP contribution in [0.2, 0.25) is 0 Å². The van der Waals surface area contributed by atoms with Crippen LogP contribution in [-0.4, -0.2) is 14.8 Å². The number of aromatic nitrogens is 1. The van der Waals surface area contributed by atoms with E-state index < -0.39 is 9.85 Å². The molecule has 0 aliphatic rings. The first kappa shape index (κ1) is 17.9. The monoisotopic (exact) mass is 378 g/mol. The van der Waals surface area contributed by atoms with Crippen LogP contribution in [0.15, 0.2) is 53.9 Å². The van der Waals surface area contributed by atoms with Gasteiger partial charge in [0, 0.05) is 29.1 Å². The average molecular weight is 378 g/mol. The largest absolute Gasteiger partial charge is 0.276 e. The molecule has 0 spiro atoms. The van der Waals surface area contributed by atoms with Gasteiger partial charge in [-0.15, -0.1) is 11.3 Å². The highest BCUT2D eigenvalue weighted by Crippen LogP contribution is 2.30. The zero-order chi connectivity index (χ0) is 19.4. The molecule has 9 heteroatoms. The smallest absolute Gasteiger partial charge is 0.258 e. The van der Waals surface area contributed by atoms with E-state index in [1.54, 1.807) is 35.7 Å². The van der Waals surface area contributed by atoms with Gasteiger partial charge in [0.25, 0.3) is 11.4 Å². The van der Waals surface area contributed by atoms with Gasteiger partial charge in [0.1, 0.15) is 11.1 Å². The van der Waals surface area contributed by atoms with Gasteiger partial charge < -0.3 is 0 Å². The Balaban J connectivity index is 2.00. The summed E-state index contributed by atoms with van der Waals surface area (Å²) in [4.78, 5) is 25.4. The van der Waals surface area contributed by atoms with Crippen molar-refractivity contribution in [1.29, 1.82) is 5.26 Å². The van der Waals surface area contributed by atoms with Crippen molar-refractivity contribution in [2.75, 3.05) is 0 Å². The lowest BCUT2D eigenvalue weighted by atomic mass is 10.1. The van der Waals surface area contributed by atoms with Crippen LogP contribution in [0.25, 0.3) is 22.9 Å². The number of benzene rings is 2. The Bertz CT molecular complexity index is 1110. The molecule has 0 saturated carbocycles. The molecule has 0 aliphatic carbocycles. The van der Waals surface area contributed by atoms with Crippen LogP contribution in [0.1, 0.15) is 10.6 Å².